The van der Waals surface area contributed by atoms with E-state index < -0.39 is 0 Å². The lowest BCUT2D eigenvalue weighted by Crippen LogP contribution is -2.45. The Labute approximate surface area is 119 Å². The molecule has 0 bridgehead atoms. The molecule has 1 saturated heterocycles. The van der Waals surface area contributed by atoms with E-state index in [0.29, 0.717) is 0 Å². The SMILES string of the molecule is Cc1cc(N2CC(C)OC(C)C2)c2cc(N)ccc2n1. The number of hydrogen-bond acceptors (Lipinski definition) is 4. The van der Waals surface area contributed by atoms with E-state index in [2.05, 4.69) is 29.8 Å². The zero-order chi connectivity index (χ0) is 14.3. The standard InChI is InChI=1S/C16H21N3O/c1-10-6-16(19-8-11(2)20-12(3)9-19)14-7-13(17)4-5-15(14)18-10/h4-7,11-12H,8-9,17H2,1-3H3. The zero-order valence-electron chi connectivity index (χ0n) is 12.3. The van der Waals surface area contributed by atoms with Gasteiger partial charge in [0.05, 0.1) is 17.7 Å². The first-order chi connectivity index (χ1) is 9.52. The summed E-state index contributed by atoms with van der Waals surface area (Å²) >= 11 is 0. The van der Waals surface area contributed by atoms with Crippen molar-refractivity contribution >= 4 is 22.3 Å². The van der Waals surface area contributed by atoms with Gasteiger partial charge in [-0.3, -0.25) is 4.98 Å². The number of fused-ring (bicyclic) bond motifs is 1. The summed E-state index contributed by atoms with van der Waals surface area (Å²) in [6, 6.07) is 8.06. The van der Waals surface area contributed by atoms with Crippen LogP contribution in [0.3, 0.4) is 0 Å². The Balaban J connectivity index is 2.12. The molecule has 0 amide bonds. The lowest BCUT2D eigenvalue weighted by Gasteiger charge is -2.37. The van der Waals surface area contributed by atoms with Crippen LogP contribution >= 0.6 is 0 Å². The molecule has 2 heterocycles. The molecule has 106 valence electrons. The number of pyridine rings is 1. The number of aromatic nitrogens is 1. The molecule has 2 atom stereocenters. The minimum absolute atomic E-state index is 0.239. The average Bonchev–Trinajstić information content (AvgIpc) is 2.37. The summed E-state index contributed by atoms with van der Waals surface area (Å²) in [4.78, 5) is 6.98. The number of rotatable bonds is 1. The van der Waals surface area contributed by atoms with Gasteiger partial charge in [-0.2, -0.15) is 0 Å². The van der Waals surface area contributed by atoms with Crippen molar-refractivity contribution in [2.24, 2.45) is 0 Å². The maximum atomic E-state index is 5.94. The van der Waals surface area contributed by atoms with Crippen LogP contribution in [0.1, 0.15) is 19.5 Å². The molecule has 2 unspecified atom stereocenters. The fourth-order valence-electron chi connectivity index (χ4n) is 2.99. The molecule has 1 fully saturated rings. The highest BCUT2D eigenvalue weighted by atomic mass is 16.5. The van der Waals surface area contributed by atoms with Crippen LogP contribution in [0.4, 0.5) is 11.4 Å². The molecule has 1 aliphatic rings. The highest BCUT2D eigenvalue weighted by molar-refractivity contribution is 5.94. The lowest BCUT2D eigenvalue weighted by atomic mass is 10.1. The predicted molar refractivity (Wildman–Crippen MR) is 83.1 cm³/mol. The molecule has 0 spiro atoms. The summed E-state index contributed by atoms with van der Waals surface area (Å²) in [5, 5.41) is 1.12. The normalized spacial score (nSPS) is 23.2. The van der Waals surface area contributed by atoms with Crippen molar-refractivity contribution in [3.63, 3.8) is 0 Å². The third kappa shape index (κ3) is 2.43. The molecule has 20 heavy (non-hydrogen) atoms. The Bertz CT molecular complexity index is 631. The topological polar surface area (TPSA) is 51.4 Å². The van der Waals surface area contributed by atoms with E-state index in [-0.39, 0.29) is 12.2 Å². The Morgan fingerprint density at radius 1 is 1.20 bits per heavy atom. The number of nitrogens with zero attached hydrogens (tertiary/aromatic N) is 2. The van der Waals surface area contributed by atoms with E-state index in [4.69, 9.17) is 10.5 Å². The molecule has 3 rings (SSSR count). The number of morpholine rings is 1. The van der Waals surface area contributed by atoms with Gasteiger partial charge in [0, 0.05) is 35.5 Å². The smallest absolute Gasteiger partial charge is 0.0727 e. The van der Waals surface area contributed by atoms with Crippen molar-refractivity contribution in [1.29, 1.82) is 0 Å². The van der Waals surface area contributed by atoms with E-state index >= 15 is 0 Å². The maximum absolute atomic E-state index is 5.94. The summed E-state index contributed by atoms with van der Waals surface area (Å²) < 4.78 is 5.82. The average molecular weight is 271 g/mol. The highest BCUT2D eigenvalue weighted by Gasteiger charge is 2.24. The van der Waals surface area contributed by atoms with Gasteiger partial charge in [-0.1, -0.05) is 0 Å². The van der Waals surface area contributed by atoms with Crippen LogP contribution in [0.5, 0.6) is 0 Å². The quantitative estimate of drug-likeness (QED) is 0.810. The van der Waals surface area contributed by atoms with E-state index in [9.17, 15) is 0 Å². The fourth-order valence-corrected chi connectivity index (χ4v) is 2.99. The number of anilines is 2. The first kappa shape index (κ1) is 13.2. The van der Waals surface area contributed by atoms with Gasteiger partial charge in [0.1, 0.15) is 0 Å². The maximum Gasteiger partial charge on any atom is 0.0727 e. The number of benzene rings is 1. The van der Waals surface area contributed by atoms with E-state index in [1.165, 1.54) is 5.69 Å². The summed E-state index contributed by atoms with van der Waals surface area (Å²) in [7, 11) is 0. The molecule has 4 nitrogen and oxygen atoms in total. The van der Waals surface area contributed by atoms with Gasteiger partial charge < -0.3 is 15.4 Å². The second kappa shape index (κ2) is 4.94. The lowest BCUT2D eigenvalue weighted by molar-refractivity contribution is -0.00513. The summed E-state index contributed by atoms with van der Waals surface area (Å²) in [5.74, 6) is 0. The van der Waals surface area contributed by atoms with E-state index in [1.54, 1.807) is 0 Å². The highest BCUT2D eigenvalue weighted by Crippen LogP contribution is 2.30. The summed E-state index contributed by atoms with van der Waals surface area (Å²) in [6.45, 7) is 8.07. The van der Waals surface area contributed by atoms with Crippen molar-refractivity contribution in [2.45, 2.75) is 33.0 Å². The summed E-state index contributed by atoms with van der Waals surface area (Å²) in [6.07, 6.45) is 0.478. The molecule has 2 aromatic rings. The second-order valence-corrected chi connectivity index (χ2v) is 5.72. The number of hydrogen-bond donors (Lipinski definition) is 1. The van der Waals surface area contributed by atoms with Crippen LogP contribution in [-0.2, 0) is 4.74 Å². The monoisotopic (exact) mass is 271 g/mol. The van der Waals surface area contributed by atoms with Gasteiger partial charge in [0.25, 0.3) is 0 Å². The molecule has 0 aliphatic carbocycles. The van der Waals surface area contributed by atoms with Crippen molar-refractivity contribution in [1.82, 2.24) is 4.98 Å². The van der Waals surface area contributed by atoms with Crippen LogP contribution in [0.25, 0.3) is 10.9 Å². The third-order valence-electron chi connectivity index (χ3n) is 3.70. The Morgan fingerprint density at radius 3 is 2.60 bits per heavy atom. The minimum Gasteiger partial charge on any atom is -0.399 e. The van der Waals surface area contributed by atoms with Crippen molar-refractivity contribution in [3.05, 3.63) is 30.0 Å². The van der Waals surface area contributed by atoms with Gasteiger partial charge >= 0.3 is 0 Å². The fraction of sp³-hybridized carbons (Fsp3) is 0.438. The van der Waals surface area contributed by atoms with Crippen molar-refractivity contribution in [2.75, 3.05) is 23.7 Å². The Morgan fingerprint density at radius 2 is 1.90 bits per heavy atom. The van der Waals surface area contributed by atoms with Crippen LogP contribution in [0.15, 0.2) is 24.3 Å². The molecular formula is C16H21N3O. The van der Waals surface area contributed by atoms with Gasteiger partial charge in [0.15, 0.2) is 0 Å². The van der Waals surface area contributed by atoms with Crippen molar-refractivity contribution in [3.8, 4) is 0 Å². The first-order valence-corrected chi connectivity index (χ1v) is 7.10. The minimum atomic E-state index is 0.239. The number of nitrogens with two attached hydrogens (primary N) is 1. The van der Waals surface area contributed by atoms with Crippen molar-refractivity contribution < 1.29 is 4.74 Å². The summed E-state index contributed by atoms with van der Waals surface area (Å²) in [5.41, 5.74) is 9.96. The van der Waals surface area contributed by atoms with Gasteiger partial charge in [-0.15, -0.1) is 0 Å². The van der Waals surface area contributed by atoms with Gasteiger partial charge in [-0.25, -0.2) is 0 Å². The molecule has 0 radical (unpaired) electrons. The van der Waals surface area contributed by atoms with Gasteiger partial charge in [0.2, 0.25) is 0 Å². The van der Waals surface area contributed by atoms with E-state index in [1.807, 2.05) is 25.1 Å². The van der Waals surface area contributed by atoms with Crippen LogP contribution in [0, 0.1) is 6.92 Å². The van der Waals surface area contributed by atoms with E-state index in [0.717, 1.165) is 35.4 Å². The molecule has 4 heteroatoms. The second-order valence-electron chi connectivity index (χ2n) is 5.72. The molecule has 1 aliphatic heterocycles. The predicted octanol–water partition coefficient (Wildman–Crippen LogP) is 2.74. The number of nitrogen functional groups attached to an aromatic ring is 1. The number of ether oxygens (including phenoxy) is 1. The zero-order valence-corrected chi connectivity index (χ0v) is 12.3. The molecule has 1 aromatic heterocycles. The molecule has 0 saturated carbocycles. The largest absolute Gasteiger partial charge is 0.399 e. The van der Waals surface area contributed by atoms with Crippen LogP contribution in [-0.4, -0.2) is 30.3 Å². The molecule has 2 N–H and O–H groups in total. The Hall–Kier alpha value is -1.81. The van der Waals surface area contributed by atoms with Crippen LogP contribution in [0.2, 0.25) is 0 Å². The molecular weight excluding hydrogens is 250 g/mol. The van der Waals surface area contributed by atoms with Gasteiger partial charge in [-0.05, 0) is 45.0 Å². The van der Waals surface area contributed by atoms with Crippen LogP contribution < -0.4 is 10.6 Å². The Kier molecular flexibility index (Phi) is 3.26. The third-order valence-corrected chi connectivity index (χ3v) is 3.70. The number of aryl methyl sites for hydroxylation is 1. The first-order valence-electron chi connectivity index (χ1n) is 7.10. The molecule has 1 aromatic carbocycles.